The third-order valence-electron chi connectivity index (χ3n) is 4.26. The van der Waals surface area contributed by atoms with Gasteiger partial charge in [-0.15, -0.1) is 0 Å². The molecule has 98 valence electrons. The zero-order valence-electron chi connectivity index (χ0n) is 9.91. The van der Waals surface area contributed by atoms with Crippen molar-refractivity contribution in [3.05, 3.63) is 0 Å². The summed E-state index contributed by atoms with van der Waals surface area (Å²) in [5.41, 5.74) is 0. The van der Waals surface area contributed by atoms with Crippen LogP contribution < -0.4 is 0 Å². The van der Waals surface area contributed by atoms with Crippen LogP contribution in [0.25, 0.3) is 0 Å². The molecule has 0 aromatic rings. The molecule has 0 N–H and O–H groups in total. The Bertz CT molecular complexity index is 405. The summed E-state index contributed by atoms with van der Waals surface area (Å²) in [4.78, 5) is 33.4. The zero-order valence-corrected chi connectivity index (χ0v) is 9.91. The Morgan fingerprint density at radius 3 is 3.00 bits per heavy atom. The number of carbonyl (C=O) groups is 3. The molecule has 0 spiro atoms. The van der Waals surface area contributed by atoms with Crippen molar-refractivity contribution in [2.24, 2.45) is 17.8 Å². The molecule has 6 heteroatoms. The van der Waals surface area contributed by atoms with E-state index in [1.54, 1.807) is 0 Å². The summed E-state index contributed by atoms with van der Waals surface area (Å²) in [5.74, 6) is -0.354. The molecule has 3 fully saturated rings. The highest BCUT2D eigenvalue weighted by atomic mass is 16.6. The average Bonchev–Trinajstić information content (AvgIpc) is 2.93. The van der Waals surface area contributed by atoms with E-state index in [0.29, 0.717) is 0 Å². The van der Waals surface area contributed by atoms with Crippen LogP contribution in [0.3, 0.4) is 0 Å². The maximum absolute atomic E-state index is 11.7. The van der Waals surface area contributed by atoms with E-state index < -0.39 is 12.1 Å². The van der Waals surface area contributed by atoms with Crippen molar-refractivity contribution in [1.82, 2.24) is 0 Å². The summed E-state index contributed by atoms with van der Waals surface area (Å²) < 4.78 is 15.1. The lowest BCUT2D eigenvalue weighted by Gasteiger charge is -2.26. The highest BCUT2D eigenvalue weighted by Gasteiger charge is 2.63. The van der Waals surface area contributed by atoms with Gasteiger partial charge in [0.1, 0.15) is 12.2 Å². The van der Waals surface area contributed by atoms with E-state index in [2.05, 4.69) is 4.74 Å². The predicted octanol–water partition coefficient (Wildman–Crippen LogP) is 0.0411. The van der Waals surface area contributed by atoms with E-state index in [4.69, 9.17) is 9.47 Å². The minimum atomic E-state index is -0.922. The number of ether oxygens (including phenoxy) is 3. The largest absolute Gasteiger partial charge is 0.458 e. The van der Waals surface area contributed by atoms with E-state index in [1.165, 1.54) is 6.92 Å². The topological polar surface area (TPSA) is 78.9 Å². The first-order chi connectivity index (χ1) is 8.61. The predicted molar refractivity (Wildman–Crippen MR) is 56.1 cm³/mol. The molecule has 6 atom stereocenters. The molecule has 0 radical (unpaired) electrons. The van der Waals surface area contributed by atoms with Crippen molar-refractivity contribution in [2.75, 3.05) is 0 Å². The molecule has 0 aromatic heterocycles. The van der Waals surface area contributed by atoms with Gasteiger partial charge >= 0.3 is 11.9 Å². The van der Waals surface area contributed by atoms with Crippen LogP contribution in [0.1, 0.15) is 19.8 Å². The van der Waals surface area contributed by atoms with Crippen LogP contribution in [0.5, 0.6) is 0 Å². The number of hydrogen-bond donors (Lipinski definition) is 0. The van der Waals surface area contributed by atoms with Gasteiger partial charge in [0.15, 0.2) is 6.10 Å². The molecule has 2 bridgehead atoms. The first kappa shape index (κ1) is 11.5. The van der Waals surface area contributed by atoms with Crippen LogP contribution in [0.15, 0.2) is 0 Å². The molecular weight excluding hydrogens is 240 g/mol. The van der Waals surface area contributed by atoms with E-state index >= 15 is 0 Å². The van der Waals surface area contributed by atoms with Gasteiger partial charge in [0, 0.05) is 11.8 Å². The average molecular weight is 254 g/mol. The van der Waals surface area contributed by atoms with Gasteiger partial charge in [-0.05, 0) is 19.8 Å². The van der Waals surface area contributed by atoms with Crippen molar-refractivity contribution in [2.45, 2.75) is 38.1 Å². The molecule has 0 aromatic carbocycles. The standard InChI is InChI=1S/C12H14O6/c1-5(16-4-13)11(14)17-9-6-2-7-8(3-6)12(15)18-10(7)9/h4-10H,2-3H2,1H3. The van der Waals surface area contributed by atoms with E-state index in [0.717, 1.165) is 12.8 Å². The first-order valence-electron chi connectivity index (χ1n) is 6.12. The second-order valence-corrected chi connectivity index (χ2v) is 5.18. The minimum Gasteiger partial charge on any atom is -0.458 e. The van der Waals surface area contributed by atoms with Gasteiger partial charge in [-0.3, -0.25) is 9.59 Å². The van der Waals surface area contributed by atoms with Gasteiger partial charge in [-0.1, -0.05) is 0 Å². The Morgan fingerprint density at radius 1 is 1.50 bits per heavy atom. The minimum absolute atomic E-state index is 0.00130. The van der Waals surface area contributed by atoms with E-state index in [-0.39, 0.29) is 42.4 Å². The summed E-state index contributed by atoms with van der Waals surface area (Å²) in [6.45, 7) is 1.67. The zero-order chi connectivity index (χ0) is 12.9. The molecule has 0 amide bonds. The van der Waals surface area contributed by atoms with Crippen LogP contribution in [-0.4, -0.2) is 36.7 Å². The lowest BCUT2D eigenvalue weighted by molar-refractivity contribution is -0.173. The molecule has 2 saturated carbocycles. The fourth-order valence-corrected chi connectivity index (χ4v) is 3.43. The monoisotopic (exact) mass is 254 g/mol. The van der Waals surface area contributed by atoms with E-state index in [9.17, 15) is 14.4 Å². The second kappa shape index (κ2) is 3.96. The lowest BCUT2D eigenvalue weighted by atomic mass is 9.88. The molecule has 1 aliphatic heterocycles. The fraction of sp³-hybridized carbons (Fsp3) is 0.750. The summed E-state index contributed by atoms with van der Waals surface area (Å²) in [6.07, 6.45) is 0.0223. The van der Waals surface area contributed by atoms with E-state index in [1.807, 2.05) is 0 Å². The smallest absolute Gasteiger partial charge is 0.347 e. The van der Waals surface area contributed by atoms with Crippen LogP contribution in [0.2, 0.25) is 0 Å². The SMILES string of the molecule is CC(OC=O)C(=O)OC1C2CC3C(=O)OC1C3C2. The number of rotatable bonds is 4. The summed E-state index contributed by atoms with van der Waals surface area (Å²) in [6, 6.07) is 0. The molecule has 1 saturated heterocycles. The summed E-state index contributed by atoms with van der Waals surface area (Å²) >= 11 is 0. The second-order valence-electron chi connectivity index (χ2n) is 5.18. The molecule has 6 unspecified atom stereocenters. The van der Waals surface area contributed by atoms with Crippen molar-refractivity contribution in [3.8, 4) is 0 Å². The van der Waals surface area contributed by atoms with Gasteiger partial charge in [0.2, 0.25) is 0 Å². The summed E-state index contributed by atoms with van der Waals surface area (Å²) in [7, 11) is 0. The van der Waals surface area contributed by atoms with Crippen LogP contribution >= 0.6 is 0 Å². The fourth-order valence-electron chi connectivity index (χ4n) is 3.43. The van der Waals surface area contributed by atoms with Gasteiger partial charge < -0.3 is 14.2 Å². The van der Waals surface area contributed by atoms with Crippen molar-refractivity contribution >= 4 is 18.4 Å². The molecule has 1 heterocycles. The summed E-state index contributed by atoms with van der Waals surface area (Å²) in [5, 5.41) is 0. The molecule has 2 aliphatic carbocycles. The van der Waals surface area contributed by atoms with Crippen LogP contribution in [-0.2, 0) is 28.6 Å². The molecule has 6 nitrogen and oxygen atoms in total. The highest BCUT2D eigenvalue weighted by Crippen LogP contribution is 2.55. The first-order valence-corrected chi connectivity index (χ1v) is 6.12. The third-order valence-corrected chi connectivity index (χ3v) is 4.26. The number of hydrogen-bond acceptors (Lipinski definition) is 6. The van der Waals surface area contributed by atoms with Gasteiger partial charge in [0.25, 0.3) is 6.47 Å². The molecule has 3 rings (SSSR count). The Kier molecular flexibility index (Phi) is 2.53. The molecule has 3 aliphatic rings. The van der Waals surface area contributed by atoms with Crippen LogP contribution in [0.4, 0.5) is 0 Å². The van der Waals surface area contributed by atoms with Crippen molar-refractivity contribution in [1.29, 1.82) is 0 Å². The molecular formula is C12H14O6. The Hall–Kier alpha value is -1.59. The Morgan fingerprint density at radius 2 is 2.28 bits per heavy atom. The maximum Gasteiger partial charge on any atom is 0.347 e. The lowest BCUT2D eigenvalue weighted by Crippen LogP contribution is -2.38. The quantitative estimate of drug-likeness (QED) is 0.400. The number of fused-ring (bicyclic) bond motifs is 1. The Labute approximate surface area is 104 Å². The Balaban J connectivity index is 1.67. The van der Waals surface area contributed by atoms with Crippen molar-refractivity contribution in [3.63, 3.8) is 0 Å². The van der Waals surface area contributed by atoms with Crippen LogP contribution in [0, 0.1) is 17.8 Å². The third kappa shape index (κ3) is 1.51. The normalized spacial score (nSPS) is 41.4. The maximum atomic E-state index is 11.7. The van der Waals surface area contributed by atoms with Gasteiger partial charge in [0.05, 0.1) is 5.92 Å². The van der Waals surface area contributed by atoms with Crippen molar-refractivity contribution < 1.29 is 28.6 Å². The number of carbonyl (C=O) groups excluding carboxylic acids is 3. The highest BCUT2D eigenvalue weighted by molar-refractivity contribution is 5.78. The molecule has 18 heavy (non-hydrogen) atoms. The van der Waals surface area contributed by atoms with Gasteiger partial charge in [-0.2, -0.15) is 0 Å². The van der Waals surface area contributed by atoms with Gasteiger partial charge in [-0.25, -0.2) is 4.79 Å². The number of esters is 2.